The van der Waals surface area contributed by atoms with Crippen molar-refractivity contribution in [2.45, 2.75) is 6.92 Å². The number of hydrogen-bond donors (Lipinski definition) is 2. The fraction of sp³-hybridized carbons (Fsp3) is 0.143. The molecule has 0 spiro atoms. The van der Waals surface area contributed by atoms with Crippen LogP contribution in [0.15, 0.2) is 30.6 Å². The number of nitrogens with zero attached hydrogens (tertiary/aromatic N) is 1. The summed E-state index contributed by atoms with van der Waals surface area (Å²) >= 11 is 0. The summed E-state index contributed by atoms with van der Waals surface area (Å²) in [5.74, 6) is -4.18. The highest BCUT2D eigenvalue weighted by molar-refractivity contribution is 6.07. The van der Waals surface area contributed by atoms with Gasteiger partial charge in [-0.05, 0) is 13.0 Å². The van der Waals surface area contributed by atoms with Crippen molar-refractivity contribution < 1.29 is 18.0 Å². The number of benzene rings is 1. The molecule has 1 aromatic carbocycles. The first kappa shape index (κ1) is 14.8. The monoisotopic (exact) mass is 295 g/mol. The molecule has 110 valence electrons. The van der Waals surface area contributed by atoms with Gasteiger partial charge in [-0.15, -0.1) is 0 Å². The number of rotatable bonds is 4. The van der Waals surface area contributed by atoms with Gasteiger partial charge >= 0.3 is 0 Å². The molecule has 21 heavy (non-hydrogen) atoms. The molecular weight excluding hydrogens is 283 g/mol. The Kier molecular flexibility index (Phi) is 4.42. The molecule has 0 saturated carbocycles. The number of carbonyl (C=O) groups excluding carboxylic acids is 1. The number of halogens is 3. The van der Waals surface area contributed by atoms with E-state index in [0.29, 0.717) is 24.4 Å². The Morgan fingerprint density at radius 3 is 2.52 bits per heavy atom. The molecule has 0 aliphatic carbocycles. The smallest absolute Gasteiger partial charge is 0.259 e. The average molecular weight is 295 g/mol. The summed E-state index contributed by atoms with van der Waals surface area (Å²) in [6, 6.07) is 2.55. The molecule has 4 nitrogen and oxygen atoms in total. The second kappa shape index (κ2) is 6.25. The van der Waals surface area contributed by atoms with Crippen LogP contribution in [0.1, 0.15) is 17.3 Å². The molecule has 0 bridgehead atoms. The van der Waals surface area contributed by atoms with Crippen LogP contribution in [0.3, 0.4) is 0 Å². The van der Waals surface area contributed by atoms with Gasteiger partial charge in [0.1, 0.15) is 11.5 Å². The maximum atomic E-state index is 13.5. The van der Waals surface area contributed by atoms with E-state index in [4.69, 9.17) is 0 Å². The van der Waals surface area contributed by atoms with Gasteiger partial charge < -0.3 is 10.6 Å². The van der Waals surface area contributed by atoms with E-state index in [2.05, 4.69) is 15.6 Å². The molecule has 1 amide bonds. The highest BCUT2D eigenvalue weighted by Crippen LogP contribution is 2.22. The largest absolute Gasteiger partial charge is 0.385 e. The van der Waals surface area contributed by atoms with Gasteiger partial charge in [-0.3, -0.25) is 9.78 Å². The molecule has 1 heterocycles. The van der Waals surface area contributed by atoms with Crippen molar-refractivity contribution in [3.63, 3.8) is 0 Å². The zero-order chi connectivity index (χ0) is 15.4. The summed E-state index contributed by atoms with van der Waals surface area (Å²) in [4.78, 5) is 15.9. The van der Waals surface area contributed by atoms with Gasteiger partial charge in [0.25, 0.3) is 5.91 Å². The van der Waals surface area contributed by atoms with Gasteiger partial charge in [-0.25, -0.2) is 13.2 Å². The summed E-state index contributed by atoms with van der Waals surface area (Å²) in [5, 5.41) is 5.02. The molecule has 0 unspecified atom stereocenters. The van der Waals surface area contributed by atoms with Crippen LogP contribution in [0, 0.1) is 17.5 Å². The summed E-state index contributed by atoms with van der Waals surface area (Å²) < 4.78 is 39.8. The Balaban J connectivity index is 2.31. The zero-order valence-corrected chi connectivity index (χ0v) is 11.1. The first-order valence-corrected chi connectivity index (χ1v) is 6.16. The number of aromatic nitrogens is 1. The minimum Gasteiger partial charge on any atom is -0.385 e. The number of pyridine rings is 1. The highest BCUT2D eigenvalue weighted by atomic mass is 19.1. The van der Waals surface area contributed by atoms with Gasteiger partial charge in [0, 0.05) is 31.1 Å². The van der Waals surface area contributed by atoms with Gasteiger partial charge in [-0.1, -0.05) is 0 Å². The SMILES string of the molecule is CCNc1ccncc1C(=O)Nc1c(F)cc(F)cc1F. The number of hydrogen-bond acceptors (Lipinski definition) is 3. The van der Waals surface area contributed by atoms with Crippen LogP contribution >= 0.6 is 0 Å². The maximum absolute atomic E-state index is 13.5. The summed E-state index contributed by atoms with van der Waals surface area (Å²) in [6.45, 7) is 2.39. The average Bonchev–Trinajstić information content (AvgIpc) is 2.43. The summed E-state index contributed by atoms with van der Waals surface area (Å²) in [6.07, 6.45) is 2.75. The van der Waals surface area contributed by atoms with Crippen LogP contribution in [-0.2, 0) is 0 Å². The molecular formula is C14H12F3N3O. The molecule has 0 saturated heterocycles. The normalized spacial score (nSPS) is 10.3. The van der Waals surface area contributed by atoms with Gasteiger partial charge in [0.05, 0.1) is 11.3 Å². The fourth-order valence-electron chi connectivity index (χ4n) is 1.76. The maximum Gasteiger partial charge on any atom is 0.259 e. The van der Waals surface area contributed by atoms with Crippen molar-refractivity contribution in [3.05, 3.63) is 53.6 Å². The van der Waals surface area contributed by atoms with Crippen LogP contribution in [0.25, 0.3) is 0 Å². The van der Waals surface area contributed by atoms with Crippen molar-refractivity contribution in [2.24, 2.45) is 0 Å². The van der Waals surface area contributed by atoms with E-state index < -0.39 is 29.0 Å². The number of amides is 1. The predicted octanol–water partition coefficient (Wildman–Crippen LogP) is 3.18. The van der Waals surface area contributed by atoms with Crippen LogP contribution in [0.2, 0.25) is 0 Å². The lowest BCUT2D eigenvalue weighted by molar-refractivity contribution is 0.102. The standard InChI is InChI=1S/C14H12F3N3O/c1-2-19-12-3-4-18-7-9(12)14(21)20-13-10(16)5-8(15)6-11(13)17/h3-7H,2H2,1H3,(H,18,19)(H,20,21). The molecule has 0 radical (unpaired) electrons. The third-order valence-electron chi connectivity index (χ3n) is 2.68. The molecule has 2 rings (SSSR count). The molecule has 0 aliphatic rings. The Morgan fingerprint density at radius 1 is 1.24 bits per heavy atom. The number of carbonyl (C=O) groups is 1. The molecule has 2 aromatic rings. The fourth-order valence-corrected chi connectivity index (χ4v) is 1.76. The van der Waals surface area contributed by atoms with Crippen molar-refractivity contribution in [1.82, 2.24) is 4.98 Å². The number of anilines is 2. The molecule has 0 atom stereocenters. The Morgan fingerprint density at radius 2 is 1.90 bits per heavy atom. The quantitative estimate of drug-likeness (QED) is 0.911. The molecule has 7 heteroatoms. The van der Waals surface area contributed by atoms with Crippen LogP contribution in [-0.4, -0.2) is 17.4 Å². The molecule has 0 aliphatic heterocycles. The first-order chi connectivity index (χ1) is 10.0. The second-order valence-electron chi connectivity index (χ2n) is 4.15. The molecule has 2 N–H and O–H groups in total. The Hall–Kier alpha value is -2.57. The summed E-state index contributed by atoms with van der Waals surface area (Å²) in [7, 11) is 0. The molecule has 0 fully saturated rings. The second-order valence-corrected chi connectivity index (χ2v) is 4.15. The third kappa shape index (κ3) is 3.31. The third-order valence-corrected chi connectivity index (χ3v) is 2.68. The lowest BCUT2D eigenvalue weighted by Gasteiger charge is -2.11. The van der Waals surface area contributed by atoms with E-state index in [1.165, 1.54) is 12.4 Å². The highest BCUT2D eigenvalue weighted by Gasteiger charge is 2.17. The predicted molar refractivity (Wildman–Crippen MR) is 72.7 cm³/mol. The summed E-state index contributed by atoms with van der Waals surface area (Å²) in [5.41, 5.74) is -0.0943. The minimum atomic E-state index is -1.19. The Bertz CT molecular complexity index is 653. The number of nitrogens with one attached hydrogen (secondary N) is 2. The van der Waals surface area contributed by atoms with E-state index in [1.807, 2.05) is 6.92 Å². The van der Waals surface area contributed by atoms with Crippen LogP contribution in [0.5, 0.6) is 0 Å². The van der Waals surface area contributed by atoms with Crippen molar-refractivity contribution >= 4 is 17.3 Å². The van der Waals surface area contributed by atoms with Gasteiger partial charge in [-0.2, -0.15) is 0 Å². The van der Waals surface area contributed by atoms with Crippen molar-refractivity contribution in [2.75, 3.05) is 17.2 Å². The van der Waals surface area contributed by atoms with E-state index in [1.54, 1.807) is 6.07 Å². The lowest BCUT2D eigenvalue weighted by Crippen LogP contribution is -2.17. The minimum absolute atomic E-state index is 0.127. The van der Waals surface area contributed by atoms with Gasteiger partial charge in [0.2, 0.25) is 0 Å². The van der Waals surface area contributed by atoms with Gasteiger partial charge in [0.15, 0.2) is 11.6 Å². The topological polar surface area (TPSA) is 54.0 Å². The van der Waals surface area contributed by atoms with E-state index >= 15 is 0 Å². The zero-order valence-electron chi connectivity index (χ0n) is 11.1. The van der Waals surface area contributed by atoms with Crippen LogP contribution in [0.4, 0.5) is 24.5 Å². The van der Waals surface area contributed by atoms with Crippen molar-refractivity contribution in [3.8, 4) is 0 Å². The van der Waals surface area contributed by atoms with E-state index in [9.17, 15) is 18.0 Å². The first-order valence-electron chi connectivity index (χ1n) is 6.16. The van der Waals surface area contributed by atoms with E-state index in [-0.39, 0.29) is 5.56 Å². The van der Waals surface area contributed by atoms with E-state index in [0.717, 1.165) is 0 Å². The molecule has 1 aromatic heterocycles. The van der Waals surface area contributed by atoms with Crippen LogP contribution < -0.4 is 10.6 Å². The lowest BCUT2D eigenvalue weighted by atomic mass is 10.2. The Labute approximate surface area is 119 Å². The van der Waals surface area contributed by atoms with Crippen molar-refractivity contribution in [1.29, 1.82) is 0 Å².